The molecule has 1 N–H and O–H groups in total. The highest BCUT2D eigenvalue weighted by molar-refractivity contribution is 6.67. The quantitative estimate of drug-likeness (QED) is 0.189. The maximum absolute atomic E-state index is 11.7. The molecule has 0 radical (unpaired) electrons. The third-order valence-electron chi connectivity index (χ3n) is 5.53. The van der Waals surface area contributed by atoms with Crippen molar-refractivity contribution < 1.29 is 19.4 Å². The highest BCUT2D eigenvalue weighted by Gasteiger charge is 2.23. The maximum atomic E-state index is 11.7. The van der Waals surface area contributed by atoms with Crippen LogP contribution in [0.4, 0.5) is 5.69 Å². The van der Waals surface area contributed by atoms with Gasteiger partial charge in [-0.15, -0.1) is 6.58 Å². The maximum Gasteiger partial charge on any atom is 0.300 e. The summed E-state index contributed by atoms with van der Waals surface area (Å²) in [6.07, 6.45) is 8.31. The van der Waals surface area contributed by atoms with E-state index in [1.807, 2.05) is 50.3 Å². The summed E-state index contributed by atoms with van der Waals surface area (Å²) in [5.41, 5.74) is 2.75. The number of rotatable bonds is 10. The van der Waals surface area contributed by atoms with Crippen LogP contribution in [0.2, 0.25) is 5.02 Å². The second kappa shape index (κ2) is 17.9. The van der Waals surface area contributed by atoms with Crippen LogP contribution < -0.4 is 9.64 Å². The Labute approximate surface area is 226 Å². The zero-order chi connectivity index (χ0) is 26.9. The minimum Gasteiger partial charge on any atom is -0.491 e. The Morgan fingerprint density at radius 2 is 1.89 bits per heavy atom. The topological polar surface area (TPSA) is 66.8 Å². The van der Waals surface area contributed by atoms with Crippen LogP contribution in [0.1, 0.15) is 68.8 Å². The number of hydrogen-bond acceptors (Lipinski definition) is 4. The Kier molecular flexibility index (Phi) is 15.6. The molecule has 2 aromatic rings. The molecular weight excluding hydrogens is 497 g/mol. The Balaban J connectivity index is 0.000000982. The summed E-state index contributed by atoms with van der Waals surface area (Å²) in [6, 6.07) is 13.6. The molecule has 0 spiro atoms. The van der Waals surface area contributed by atoms with Crippen molar-refractivity contribution in [3.8, 4) is 5.75 Å². The molecule has 0 aliphatic carbocycles. The average Bonchev–Trinajstić information content (AvgIpc) is 3.02. The number of halogens is 2. The standard InChI is InChI=1S/C25H29Cl2NO2.C2H4O2.C2H6/c1-2-3-4-5-14-28-17-20(10-6-8-19-9-7-11-22(26)15-19)18-30-24-13-12-21(25(27)29)16-23(24)28;1-2(3)4;1-2/h2,7,9,11-13,15-16,20H,1,3-6,8,10,14,17-18H2;1H3,(H,3,4);1-2H3. The van der Waals surface area contributed by atoms with Crippen molar-refractivity contribution in [3.05, 3.63) is 71.3 Å². The van der Waals surface area contributed by atoms with E-state index in [4.69, 9.17) is 37.8 Å². The number of unbranched alkanes of at least 4 members (excludes halogenated alkanes) is 2. The summed E-state index contributed by atoms with van der Waals surface area (Å²) in [4.78, 5) is 23.0. The van der Waals surface area contributed by atoms with Gasteiger partial charge in [0.05, 0.1) is 12.3 Å². The molecule has 7 heteroatoms. The molecule has 0 bridgehead atoms. The third kappa shape index (κ3) is 12.0. The van der Waals surface area contributed by atoms with Crippen molar-refractivity contribution in [2.24, 2.45) is 5.92 Å². The van der Waals surface area contributed by atoms with Gasteiger partial charge in [-0.05, 0) is 86.0 Å². The van der Waals surface area contributed by atoms with Gasteiger partial charge in [0.1, 0.15) is 5.75 Å². The molecule has 0 saturated carbocycles. The number of aliphatic carboxylic acids is 1. The molecule has 0 aromatic heterocycles. The van der Waals surface area contributed by atoms with E-state index in [1.165, 1.54) is 5.56 Å². The molecule has 3 rings (SSSR count). The number of anilines is 1. The van der Waals surface area contributed by atoms with Crippen molar-refractivity contribution in [3.63, 3.8) is 0 Å². The van der Waals surface area contributed by atoms with E-state index in [9.17, 15) is 4.79 Å². The lowest BCUT2D eigenvalue weighted by molar-refractivity contribution is -0.134. The first-order valence-electron chi connectivity index (χ1n) is 12.6. The Morgan fingerprint density at radius 3 is 2.53 bits per heavy atom. The molecule has 2 aromatic carbocycles. The number of ether oxygens (including phenoxy) is 1. The molecule has 0 saturated heterocycles. The predicted octanol–water partition coefficient (Wildman–Crippen LogP) is 8.03. The largest absolute Gasteiger partial charge is 0.491 e. The van der Waals surface area contributed by atoms with Gasteiger partial charge in [-0.1, -0.05) is 43.7 Å². The second-order valence-electron chi connectivity index (χ2n) is 8.40. The first-order chi connectivity index (χ1) is 17.3. The van der Waals surface area contributed by atoms with E-state index in [-0.39, 0.29) is 0 Å². The van der Waals surface area contributed by atoms with Crippen molar-refractivity contribution in [2.75, 3.05) is 24.6 Å². The Hall–Kier alpha value is -2.50. The Morgan fingerprint density at radius 1 is 1.17 bits per heavy atom. The van der Waals surface area contributed by atoms with E-state index in [2.05, 4.69) is 17.5 Å². The van der Waals surface area contributed by atoms with E-state index in [0.29, 0.717) is 18.1 Å². The molecule has 1 atom stereocenters. The van der Waals surface area contributed by atoms with E-state index >= 15 is 0 Å². The van der Waals surface area contributed by atoms with Gasteiger partial charge < -0.3 is 14.7 Å². The monoisotopic (exact) mass is 535 g/mol. The summed E-state index contributed by atoms with van der Waals surface area (Å²) in [6.45, 7) is 11.4. The van der Waals surface area contributed by atoms with Crippen LogP contribution in [-0.4, -0.2) is 36.0 Å². The third-order valence-corrected chi connectivity index (χ3v) is 5.99. The first kappa shape index (κ1) is 31.5. The fraction of sp³-hybridized carbons (Fsp3) is 0.448. The number of fused-ring (bicyclic) bond motifs is 1. The van der Waals surface area contributed by atoms with Crippen LogP contribution in [0.3, 0.4) is 0 Å². The van der Waals surface area contributed by atoms with Crippen LogP contribution in [0.25, 0.3) is 0 Å². The van der Waals surface area contributed by atoms with Crippen LogP contribution >= 0.6 is 23.2 Å². The molecule has 1 aliphatic heterocycles. The fourth-order valence-corrected chi connectivity index (χ4v) is 4.27. The van der Waals surface area contributed by atoms with Crippen molar-refractivity contribution in [2.45, 2.75) is 59.3 Å². The molecule has 1 aliphatic rings. The number of benzene rings is 2. The van der Waals surface area contributed by atoms with Crippen molar-refractivity contribution in [1.82, 2.24) is 0 Å². The summed E-state index contributed by atoms with van der Waals surface area (Å²) in [7, 11) is 0. The molecule has 0 amide bonds. The smallest absolute Gasteiger partial charge is 0.300 e. The van der Waals surface area contributed by atoms with Gasteiger partial charge in [0, 0.05) is 36.5 Å². The number of nitrogens with zero attached hydrogens (tertiary/aromatic N) is 1. The van der Waals surface area contributed by atoms with Gasteiger partial charge in [-0.25, -0.2) is 0 Å². The van der Waals surface area contributed by atoms with Crippen LogP contribution in [0, 0.1) is 5.92 Å². The minimum absolute atomic E-state index is 0.422. The lowest BCUT2D eigenvalue weighted by Gasteiger charge is -2.27. The van der Waals surface area contributed by atoms with Gasteiger partial charge in [-0.2, -0.15) is 0 Å². The number of carbonyl (C=O) groups is 2. The zero-order valence-electron chi connectivity index (χ0n) is 21.6. The molecule has 0 fully saturated rings. The van der Waals surface area contributed by atoms with Crippen LogP contribution in [-0.2, 0) is 11.2 Å². The number of carboxylic acids is 1. The SMILES string of the molecule is C=CCCCCN1CC(CCCc2cccc(Cl)c2)COc2ccc(C(=O)Cl)cc21.CC.CC(=O)O. The van der Waals surface area contributed by atoms with E-state index in [1.54, 1.807) is 6.07 Å². The van der Waals surface area contributed by atoms with Crippen molar-refractivity contribution >= 4 is 40.1 Å². The molecule has 36 heavy (non-hydrogen) atoms. The van der Waals surface area contributed by atoms with Gasteiger partial charge in [-0.3, -0.25) is 9.59 Å². The lowest BCUT2D eigenvalue weighted by atomic mass is 9.99. The summed E-state index contributed by atoms with van der Waals surface area (Å²) in [5.74, 6) is 0.420. The van der Waals surface area contributed by atoms with Gasteiger partial charge in [0.15, 0.2) is 0 Å². The number of carboxylic acid groups (broad SMARTS) is 1. The highest BCUT2D eigenvalue weighted by atomic mass is 35.5. The van der Waals surface area contributed by atoms with E-state index < -0.39 is 11.2 Å². The van der Waals surface area contributed by atoms with Gasteiger partial charge in [0.2, 0.25) is 0 Å². The molecular formula is C29H39Cl2NO4. The van der Waals surface area contributed by atoms with Crippen LogP contribution in [0.5, 0.6) is 5.75 Å². The lowest BCUT2D eigenvalue weighted by Crippen LogP contribution is -2.31. The average molecular weight is 537 g/mol. The number of allylic oxidation sites excluding steroid dienone is 1. The normalized spacial score (nSPS) is 14.0. The fourth-order valence-electron chi connectivity index (χ4n) is 3.94. The molecule has 1 unspecified atom stereocenters. The summed E-state index contributed by atoms with van der Waals surface area (Å²) in [5, 5.41) is 7.77. The predicted molar refractivity (Wildman–Crippen MR) is 151 cm³/mol. The summed E-state index contributed by atoms with van der Waals surface area (Å²) < 4.78 is 6.14. The zero-order valence-corrected chi connectivity index (χ0v) is 23.2. The van der Waals surface area contributed by atoms with E-state index in [0.717, 1.165) is 75.0 Å². The number of aryl methyl sites for hydroxylation is 1. The number of carbonyl (C=O) groups excluding carboxylic acids is 1. The van der Waals surface area contributed by atoms with Gasteiger partial charge >= 0.3 is 0 Å². The summed E-state index contributed by atoms with van der Waals surface area (Å²) >= 11 is 11.8. The highest BCUT2D eigenvalue weighted by Crippen LogP contribution is 2.34. The van der Waals surface area contributed by atoms with Crippen LogP contribution in [0.15, 0.2) is 55.1 Å². The second-order valence-corrected chi connectivity index (χ2v) is 9.18. The first-order valence-corrected chi connectivity index (χ1v) is 13.3. The Bertz CT molecular complexity index is 960. The number of hydrogen-bond donors (Lipinski definition) is 1. The molecule has 198 valence electrons. The van der Waals surface area contributed by atoms with Crippen molar-refractivity contribution in [1.29, 1.82) is 0 Å². The molecule has 5 nitrogen and oxygen atoms in total. The van der Waals surface area contributed by atoms with Gasteiger partial charge in [0.25, 0.3) is 11.2 Å². The minimum atomic E-state index is -0.833. The molecule has 1 heterocycles.